The van der Waals surface area contributed by atoms with Gasteiger partial charge in [0.15, 0.2) is 0 Å². The SMILES string of the molecule is CCCC[C@@H](C)COc1ccc(C(F)(F)F)cn1. The second kappa shape index (κ2) is 6.61. The molecule has 1 aromatic heterocycles. The molecule has 0 aliphatic carbocycles. The molecule has 0 bridgehead atoms. The average Bonchev–Trinajstić information content (AvgIpc) is 2.33. The van der Waals surface area contributed by atoms with Crippen molar-refractivity contribution >= 4 is 0 Å². The topological polar surface area (TPSA) is 22.1 Å². The van der Waals surface area contributed by atoms with E-state index in [-0.39, 0.29) is 5.88 Å². The molecule has 0 unspecified atom stereocenters. The lowest BCUT2D eigenvalue weighted by atomic mass is 10.1. The van der Waals surface area contributed by atoms with Crippen LogP contribution in [-0.2, 0) is 6.18 Å². The predicted molar refractivity (Wildman–Crippen MR) is 63.4 cm³/mol. The maximum atomic E-state index is 12.3. The maximum absolute atomic E-state index is 12.3. The number of nitrogens with zero attached hydrogens (tertiary/aromatic N) is 1. The summed E-state index contributed by atoms with van der Waals surface area (Å²) < 4.78 is 42.2. The molecule has 1 aromatic rings. The van der Waals surface area contributed by atoms with E-state index in [2.05, 4.69) is 18.8 Å². The standard InChI is InChI=1S/C13H18F3NO/c1-3-4-5-10(2)9-18-12-7-6-11(8-17-12)13(14,15)16/h6-8,10H,3-5,9H2,1-2H3/t10-/m1/s1. The van der Waals surface area contributed by atoms with Gasteiger partial charge in [-0.3, -0.25) is 0 Å². The monoisotopic (exact) mass is 261 g/mol. The van der Waals surface area contributed by atoms with Crippen LogP contribution in [0.5, 0.6) is 5.88 Å². The lowest BCUT2D eigenvalue weighted by Gasteiger charge is -2.12. The number of pyridine rings is 1. The second-order valence-corrected chi connectivity index (χ2v) is 4.44. The summed E-state index contributed by atoms with van der Waals surface area (Å²) in [4.78, 5) is 3.66. The van der Waals surface area contributed by atoms with Gasteiger partial charge in [-0.2, -0.15) is 13.2 Å². The molecule has 0 aliphatic rings. The summed E-state index contributed by atoms with van der Waals surface area (Å²) in [6.45, 7) is 4.66. The van der Waals surface area contributed by atoms with Crippen LogP contribution in [0.1, 0.15) is 38.7 Å². The Morgan fingerprint density at radius 1 is 1.33 bits per heavy atom. The molecule has 0 spiro atoms. The molecule has 0 amide bonds. The summed E-state index contributed by atoms with van der Waals surface area (Å²) in [7, 11) is 0. The Morgan fingerprint density at radius 3 is 2.56 bits per heavy atom. The van der Waals surface area contributed by atoms with E-state index in [0.717, 1.165) is 31.5 Å². The van der Waals surface area contributed by atoms with Crippen LogP contribution in [0.25, 0.3) is 0 Å². The van der Waals surface area contributed by atoms with Crippen LogP contribution in [0.15, 0.2) is 18.3 Å². The van der Waals surface area contributed by atoms with Crippen molar-refractivity contribution in [3.63, 3.8) is 0 Å². The summed E-state index contributed by atoms with van der Waals surface area (Å²) >= 11 is 0. The summed E-state index contributed by atoms with van der Waals surface area (Å²) in [6, 6.07) is 2.24. The van der Waals surface area contributed by atoms with E-state index in [9.17, 15) is 13.2 Å². The highest BCUT2D eigenvalue weighted by atomic mass is 19.4. The van der Waals surface area contributed by atoms with Crippen LogP contribution in [0, 0.1) is 5.92 Å². The highest BCUT2D eigenvalue weighted by Crippen LogP contribution is 2.29. The van der Waals surface area contributed by atoms with E-state index in [0.29, 0.717) is 12.5 Å². The van der Waals surface area contributed by atoms with Gasteiger partial charge in [-0.15, -0.1) is 0 Å². The van der Waals surface area contributed by atoms with Crippen LogP contribution in [0.2, 0.25) is 0 Å². The highest BCUT2D eigenvalue weighted by molar-refractivity contribution is 5.20. The van der Waals surface area contributed by atoms with E-state index < -0.39 is 11.7 Å². The first kappa shape index (κ1) is 14.8. The molecule has 0 saturated heterocycles. The lowest BCUT2D eigenvalue weighted by Crippen LogP contribution is -2.10. The Bertz CT molecular complexity index is 348. The van der Waals surface area contributed by atoms with Gasteiger partial charge in [-0.05, 0) is 18.4 Å². The quantitative estimate of drug-likeness (QED) is 0.761. The van der Waals surface area contributed by atoms with Crippen LogP contribution < -0.4 is 4.74 Å². The maximum Gasteiger partial charge on any atom is 0.417 e. The summed E-state index contributed by atoms with van der Waals surface area (Å²) in [5, 5.41) is 0. The third-order valence-electron chi connectivity index (χ3n) is 2.63. The number of halogens is 3. The van der Waals surface area contributed by atoms with Crippen molar-refractivity contribution < 1.29 is 17.9 Å². The largest absolute Gasteiger partial charge is 0.477 e. The first-order valence-electron chi connectivity index (χ1n) is 6.09. The fraction of sp³-hybridized carbons (Fsp3) is 0.615. The van der Waals surface area contributed by atoms with Crippen molar-refractivity contribution in [3.05, 3.63) is 23.9 Å². The smallest absolute Gasteiger partial charge is 0.417 e. The molecule has 0 saturated carbocycles. The normalized spacial score (nSPS) is 13.4. The zero-order chi connectivity index (χ0) is 13.6. The molecule has 1 heterocycles. The van der Waals surface area contributed by atoms with Gasteiger partial charge in [0, 0.05) is 12.3 Å². The number of hydrogen-bond donors (Lipinski definition) is 0. The van der Waals surface area contributed by atoms with Crippen molar-refractivity contribution in [2.75, 3.05) is 6.61 Å². The lowest BCUT2D eigenvalue weighted by molar-refractivity contribution is -0.137. The number of unbranched alkanes of at least 4 members (excludes halogenated alkanes) is 1. The van der Waals surface area contributed by atoms with Crippen LogP contribution in [0.4, 0.5) is 13.2 Å². The van der Waals surface area contributed by atoms with E-state index in [1.807, 2.05) is 0 Å². The Labute approximate surface area is 105 Å². The number of ether oxygens (including phenoxy) is 1. The van der Waals surface area contributed by atoms with Gasteiger partial charge in [0.1, 0.15) is 0 Å². The van der Waals surface area contributed by atoms with Crippen LogP contribution in [-0.4, -0.2) is 11.6 Å². The summed E-state index contributed by atoms with van der Waals surface area (Å²) in [5.74, 6) is 0.625. The predicted octanol–water partition coefficient (Wildman–Crippen LogP) is 4.31. The van der Waals surface area contributed by atoms with Gasteiger partial charge in [0.2, 0.25) is 5.88 Å². The van der Waals surface area contributed by atoms with Gasteiger partial charge in [-0.1, -0.05) is 26.7 Å². The molecular formula is C13H18F3NO. The zero-order valence-corrected chi connectivity index (χ0v) is 10.6. The van der Waals surface area contributed by atoms with Crippen molar-refractivity contribution in [1.82, 2.24) is 4.98 Å². The van der Waals surface area contributed by atoms with E-state index >= 15 is 0 Å². The van der Waals surface area contributed by atoms with Crippen LogP contribution >= 0.6 is 0 Å². The average molecular weight is 261 g/mol. The highest BCUT2D eigenvalue weighted by Gasteiger charge is 2.30. The van der Waals surface area contributed by atoms with Crippen molar-refractivity contribution in [2.24, 2.45) is 5.92 Å². The van der Waals surface area contributed by atoms with Crippen molar-refractivity contribution in [2.45, 2.75) is 39.3 Å². The number of hydrogen-bond acceptors (Lipinski definition) is 2. The first-order valence-corrected chi connectivity index (χ1v) is 6.09. The molecule has 18 heavy (non-hydrogen) atoms. The van der Waals surface area contributed by atoms with Gasteiger partial charge < -0.3 is 4.74 Å². The minimum Gasteiger partial charge on any atom is -0.477 e. The fourth-order valence-electron chi connectivity index (χ4n) is 1.50. The number of alkyl halides is 3. The Morgan fingerprint density at radius 2 is 2.06 bits per heavy atom. The van der Waals surface area contributed by atoms with E-state index in [4.69, 9.17) is 4.74 Å². The molecule has 102 valence electrons. The summed E-state index contributed by atoms with van der Waals surface area (Å²) in [5.41, 5.74) is -0.756. The molecular weight excluding hydrogens is 243 g/mol. The van der Waals surface area contributed by atoms with Gasteiger partial charge >= 0.3 is 6.18 Å². The van der Waals surface area contributed by atoms with E-state index in [1.54, 1.807) is 0 Å². The minimum absolute atomic E-state index is 0.242. The zero-order valence-electron chi connectivity index (χ0n) is 10.6. The van der Waals surface area contributed by atoms with Crippen LogP contribution in [0.3, 0.4) is 0 Å². The molecule has 5 heteroatoms. The molecule has 0 radical (unpaired) electrons. The van der Waals surface area contributed by atoms with Crippen molar-refractivity contribution in [1.29, 1.82) is 0 Å². The molecule has 0 aromatic carbocycles. The fourth-order valence-corrected chi connectivity index (χ4v) is 1.50. The first-order chi connectivity index (χ1) is 8.43. The van der Waals surface area contributed by atoms with E-state index in [1.165, 1.54) is 6.07 Å². The molecule has 0 aliphatic heterocycles. The third-order valence-corrected chi connectivity index (χ3v) is 2.63. The third kappa shape index (κ3) is 4.94. The van der Waals surface area contributed by atoms with Gasteiger partial charge in [0.25, 0.3) is 0 Å². The Hall–Kier alpha value is -1.26. The Kier molecular flexibility index (Phi) is 5.44. The summed E-state index contributed by atoms with van der Waals surface area (Å²) in [6.07, 6.45) is -0.239. The van der Waals surface area contributed by atoms with Gasteiger partial charge in [0.05, 0.1) is 12.2 Å². The molecule has 1 rings (SSSR count). The molecule has 1 atom stereocenters. The minimum atomic E-state index is -4.35. The molecule has 2 nitrogen and oxygen atoms in total. The number of rotatable bonds is 6. The molecule has 0 fully saturated rings. The second-order valence-electron chi connectivity index (χ2n) is 4.44. The van der Waals surface area contributed by atoms with Gasteiger partial charge in [-0.25, -0.2) is 4.98 Å². The van der Waals surface area contributed by atoms with Crippen molar-refractivity contribution in [3.8, 4) is 5.88 Å². The number of aromatic nitrogens is 1. The Balaban J connectivity index is 2.44. The molecule has 0 N–H and O–H groups in total.